The smallest absolute Gasteiger partial charge is 0.233 e. The number of anilines is 2. The maximum atomic E-state index is 14.9. The van der Waals surface area contributed by atoms with Gasteiger partial charge in [-0.3, -0.25) is 4.72 Å². The number of ether oxygens (including phenoxy) is 1. The second-order valence-corrected chi connectivity index (χ2v) is 10.4. The van der Waals surface area contributed by atoms with Gasteiger partial charge in [0.2, 0.25) is 21.9 Å². The second-order valence-electron chi connectivity index (χ2n) is 8.67. The summed E-state index contributed by atoms with van der Waals surface area (Å²) in [5.74, 6) is 0.274. The van der Waals surface area contributed by atoms with Gasteiger partial charge in [0.15, 0.2) is 0 Å². The number of pyridine rings is 1. The summed E-state index contributed by atoms with van der Waals surface area (Å²) in [6, 6.07) is 11.5. The fourth-order valence-electron chi connectivity index (χ4n) is 4.15. The monoisotopic (exact) mass is 493 g/mol. The van der Waals surface area contributed by atoms with Gasteiger partial charge in [-0.05, 0) is 61.6 Å². The van der Waals surface area contributed by atoms with Crippen LogP contribution in [0.2, 0.25) is 0 Å². The standard InChI is InChI=1S/C25H24FN5O3S/c1-15-7-8-17-18(9-10-20(26)22(17)31-35(32,33)14-16-4-2-5-16)23(15)34-24-19(6-3-12-28-24)21-11-13-29-25(27)30-21/h3,6-13,16,31H,2,4-5,14H2,1H3,(H2,27,29,30). The third-order valence-corrected chi connectivity index (χ3v) is 7.58. The molecule has 3 N–H and O–H groups in total. The summed E-state index contributed by atoms with van der Waals surface area (Å²) < 4.78 is 49.0. The van der Waals surface area contributed by atoms with Crippen molar-refractivity contribution in [3.63, 3.8) is 0 Å². The molecule has 2 heterocycles. The van der Waals surface area contributed by atoms with E-state index in [0.29, 0.717) is 27.8 Å². The number of nitrogens with one attached hydrogen (secondary N) is 1. The molecule has 35 heavy (non-hydrogen) atoms. The van der Waals surface area contributed by atoms with Crippen LogP contribution in [0.5, 0.6) is 11.6 Å². The Morgan fingerprint density at radius 1 is 1.09 bits per heavy atom. The predicted octanol–water partition coefficient (Wildman–Crippen LogP) is 5.06. The van der Waals surface area contributed by atoms with Gasteiger partial charge >= 0.3 is 0 Å². The highest BCUT2D eigenvalue weighted by Gasteiger charge is 2.26. The summed E-state index contributed by atoms with van der Waals surface area (Å²) >= 11 is 0. The molecule has 10 heteroatoms. The molecule has 8 nitrogen and oxygen atoms in total. The van der Waals surface area contributed by atoms with Crippen molar-refractivity contribution in [2.24, 2.45) is 5.92 Å². The Morgan fingerprint density at radius 3 is 2.63 bits per heavy atom. The molecule has 0 atom stereocenters. The van der Waals surface area contributed by atoms with Crippen LogP contribution < -0.4 is 15.2 Å². The molecule has 1 fully saturated rings. The lowest BCUT2D eigenvalue weighted by Gasteiger charge is -2.25. The Labute approximate surface area is 202 Å². The minimum absolute atomic E-state index is 0.0165. The zero-order valence-corrected chi connectivity index (χ0v) is 19.8. The van der Waals surface area contributed by atoms with Crippen molar-refractivity contribution < 1.29 is 17.5 Å². The maximum Gasteiger partial charge on any atom is 0.233 e. The van der Waals surface area contributed by atoms with Crippen molar-refractivity contribution in [3.8, 4) is 22.9 Å². The molecule has 0 radical (unpaired) electrons. The molecule has 5 rings (SSSR count). The Morgan fingerprint density at radius 2 is 1.89 bits per heavy atom. The van der Waals surface area contributed by atoms with Crippen LogP contribution >= 0.6 is 0 Å². The van der Waals surface area contributed by atoms with E-state index in [9.17, 15) is 12.8 Å². The lowest BCUT2D eigenvalue weighted by atomic mass is 9.87. The van der Waals surface area contributed by atoms with Crippen LogP contribution in [-0.4, -0.2) is 29.1 Å². The molecule has 1 aliphatic rings. The number of aromatic nitrogens is 3. The van der Waals surface area contributed by atoms with Gasteiger partial charge in [-0.25, -0.2) is 27.8 Å². The topological polar surface area (TPSA) is 120 Å². The number of sulfonamides is 1. The van der Waals surface area contributed by atoms with Gasteiger partial charge in [0.05, 0.1) is 22.7 Å². The Bertz CT molecular complexity index is 1520. The van der Waals surface area contributed by atoms with E-state index in [1.54, 1.807) is 48.8 Å². The molecular formula is C25H24FN5O3S. The number of aryl methyl sites for hydroxylation is 1. The Kier molecular flexibility index (Phi) is 5.98. The van der Waals surface area contributed by atoms with Gasteiger partial charge in [0.1, 0.15) is 11.6 Å². The highest BCUT2D eigenvalue weighted by atomic mass is 32.2. The van der Waals surface area contributed by atoms with E-state index in [1.165, 1.54) is 6.07 Å². The molecule has 0 bridgehead atoms. The molecule has 2 aromatic heterocycles. The number of nitrogens with two attached hydrogens (primary N) is 1. The Balaban J connectivity index is 1.56. The van der Waals surface area contributed by atoms with Crippen molar-refractivity contribution >= 4 is 32.4 Å². The first-order valence-corrected chi connectivity index (χ1v) is 12.9. The maximum absolute atomic E-state index is 14.9. The first-order valence-electron chi connectivity index (χ1n) is 11.2. The average molecular weight is 494 g/mol. The number of fused-ring (bicyclic) bond motifs is 1. The lowest BCUT2D eigenvalue weighted by molar-refractivity contribution is 0.347. The summed E-state index contributed by atoms with van der Waals surface area (Å²) in [5, 5.41) is 0.943. The van der Waals surface area contributed by atoms with Crippen LogP contribution in [0.15, 0.2) is 54.9 Å². The first-order chi connectivity index (χ1) is 16.8. The first kappa shape index (κ1) is 23.0. The number of nitrogen functional groups attached to an aromatic ring is 1. The van der Waals surface area contributed by atoms with Crippen molar-refractivity contribution in [1.29, 1.82) is 0 Å². The highest BCUT2D eigenvalue weighted by Crippen LogP contribution is 2.40. The number of nitrogens with zero attached hydrogens (tertiary/aromatic N) is 3. The normalized spacial score (nSPS) is 14.0. The molecule has 1 aliphatic carbocycles. The number of rotatable bonds is 7. The van der Waals surface area contributed by atoms with Crippen LogP contribution in [0.3, 0.4) is 0 Å². The van der Waals surface area contributed by atoms with E-state index in [2.05, 4.69) is 19.7 Å². The molecular weight excluding hydrogens is 469 g/mol. The van der Waals surface area contributed by atoms with Crippen LogP contribution in [-0.2, 0) is 10.0 Å². The van der Waals surface area contributed by atoms with Crippen molar-refractivity contribution in [3.05, 3.63) is 66.2 Å². The van der Waals surface area contributed by atoms with E-state index in [0.717, 1.165) is 24.8 Å². The molecule has 0 amide bonds. The molecule has 0 spiro atoms. The van der Waals surface area contributed by atoms with Crippen molar-refractivity contribution in [1.82, 2.24) is 15.0 Å². The lowest BCUT2D eigenvalue weighted by Crippen LogP contribution is -2.27. The molecule has 0 unspecified atom stereocenters. The number of halogens is 1. The summed E-state index contributed by atoms with van der Waals surface area (Å²) in [7, 11) is -3.71. The number of hydrogen-bond donors (Lipinski definition) is 2. The zero-order valence-electron chi connectivity index (χ0n) is 19.0. The minimum atomic E-state index is -3.71. The van der Waals surface area contributed by atoms with E-state index in [-0.39, 0.29) is 29.2 Å². The van der Waals surface area contributed by atoms with E-state index < -0.39 is 15.8 Å². The van der Waals surface area contributed by atoms with E-state index in [1.807, 2.05) is 6.92 Å². The van der Waals surface area contributed by atoms with Crippen LogP contribution in [0, 0.1) is 18.7 Å². The van der Waals surface area contributed by atoms with Gasteiger partial charge in [-0.15, -0.1) is 0 Å². The molecule has 0 saturated heterocycles. The summed E-state index contributed by atoms with van der Waals surface area (Å²) in [4.78, 5) is 12.5. The summed E-state index contributed by atoms with van der Waals surface area (Å²) in [6.07, 6.45) is 5.91. The molecule has 180 valence electrons. The van der Waals surface area contributed by atoms with Gasteiger partial charge < -0.3 is 10.5 Å². The average Bonchev–Trinajstić information content (AvgIpc) is 2.80. The third-order valence-electron chi connectivity index (χ3n) is 6.15. The molecule has 2 aromatic carbocycles. The quantitative estimate of drug-likeness (QED) is 0.369. The van der Waals surface area contributed by atoms with Gasteiger partial charge in [-0.2, -0.15) is 0 Å². The third kappa shape index (κ3) is 4.74. The van der Waals surface area contributed by atoms with Crippen LogP contribution in [0.4, 0.5) is 16.0 Å². The number of benzene rings is 2. The fraction of sp³-hybridized carbons (Fsp3) is 0.240. The molecule has 1 saturated carbocycles. The number of hydrogen-bond acceptors (Lipinski definition) is 7. The van der Waals surface area contributed by atoms with E-state index in [4.69, 9.17) is 10.5 Å². The second kappa shape index (κ2) is 9.10. The largest absolute Gasteiger partial charge is 0.437 e. The van der Waals surface area contributed by atoms with E-state index >= 15 is 0 Å². The highest BCUT2D eigenvalue weighted by molar-refractivity contribution is 7.92. The fourth-order valence-corrected chi connectivity index (χ4v) is 5.71. The summed E-state index contributed by atoms with van der Waals surface area (Å²) in [5.41, 5.74) is 7.56. The Hall–Kier alpha value is -3.79. The van der Waals surface area contributed by atoms with Crippen molar-refractivity contribution in [2.45, 2.75) is 26.2 Å². The SMILES string of the molecule is Cc1ccc2c(NS(=O)(=O)CC3CCC3)c(F)ccc2c1Oc1ncccc1-c1ccnc(N)n1. The van der Waals surface area contributed by atoms with Gasteiger partial charge in [-0.1, -0.05) is 18.6 Å². The van der Waals surface area contributed by atoms with Gasteiger partial charge in [0, 0.05) is 23.2 Å². The zero-order chi connectivity index (χ0) is 24.6. The molecule has 4 aromatic rings. The predicted molar refractivity (Wildman–Crippen MR) is 133 cm³/mol. The van der Waals surface area contributed by atoms with Crippen LogP contribution in [0.1, 0.15) is 24.8 Å². The summed E-state index contributed by atoms with van der Waals surface area (Å²) in [6.45, 7) is 1.85. The molecule has 0 aliphatic heterocycles. The van der Waals surface area contributed by atoms with Crippen molar-refractivity contribution in [2.75, 3.05) is 16.2 Å². The minimum Gasteiger partial charge on any atom is -0.437 e. The van der Waals surface area contributed by atoms with Crippen LogP contribution in [0.25, 0.3) is 22.0 Å². The van der Waals surface area contributed by atoms with Gasteiger partial charge in [0.25, 0.3) is 0 Å².